The molecule has 2 rings (SSSR count). The van der Waals surface area contributed by atoms with Gasteiger partial charge >= 0.3 is 7.05 Å². The van der Waals surface area contributed by atoms with Gasteiger partial charge in [-0.2, -0.15) is 0 Å². The molecule has 1 N–H and O–H groups in total. The molecule has 2 nitrogen and oxygen atoms in total. The second-order valence-corrected chi connectivity index (χ2v) is 8.68. The highest BCUT2D eigenvalue weighted by molar-refractivity contribution is 6.65. The number of hydrogen-bond acceptors (Lipinski definition) is 2. The largest absolute Gasteiger partial charge is 0.416 e. The molecule has 1 aromatic carbocycles. The Bertz CT molecular complexity index is 493. The fourth-order valence-corrected chi connectivity index (χ4v) is 3.38. The highest BCUT2D eigenvalue weighted by atomic mass is 16.5. The Balaban J connectivity index is 1.87. The van der Waals surface area contributed by atoms with E-state index < -0.39 is 0 Å². The number of benzene rings is 1. The van der Waals surface area contributed by atoms with Gasteiger partial charge in [0.25, 0.3) is 0 Å². The van der Waals surface area contributed by atoms with Gasteiger partial charge < -0.3 is 9.88 Å². The summed E-state index contributed by atoms with van der Waals surface area (Å²) in [6.45, 7) is 13.4. The SMILES string of the molecule is CCCCCCC(C)Cc1ccc(B2NC(C)(C)C(C)(C)O2)cc1. The van der Waals surface area contributed by atoms with E-state index in [1.165, 1.54) is 49.6 Å². The Morgan fingerprint density at radius 1 is 1.04 bits per heavy atom. The zero-order valence-electron chi connectivity index (χ0n) is 16.6. The van der Waals surface area contributed by atoms with Crippen molar-refractivity contribution in [2.45, 2.75) is 91.2 Å². The van der Waals surface area contributed by atoms with Crippen molar-refractivity contribution in [3.8, 4) is 0 Å². The predicted octanol–water partition coefficient (Wildman–Crippen LogP) is 4.71. The van der Waals surface area contributed by atoms with Gasteiger partial charge in [0.15, 0.2) is 0 Å². The van der Waals surface area contributed by atoms with Crippen LogP contribution in [0, 0.1) is 5.92 Å². The third-order valence-corrected chi connectivity index (χ3v) is 5.83. The maximum Gasteiger partial charge on any atom is 0.416 e. The molecule has 0 aliphatic carbocycles. The average Bonchev–Trinajstić information content (AvgIpc) is 2.73. The Morgan fingerprint density at radius 2 is 1.71 bits per heavy atom. The molecule has 1 aliphatic rings. The summed E-state index contributed by atoms with van der Waals surface area (Å²) in [4.78, 5) is 0. The summed E-state index contributed by atoms with van der Waals surface area (Å²) >= 11 is 0. The smallest absolute Gasteiger partial charge is 0.411 e. The van der Waals surface area contributed by atoms with Gasteiger partial charge in [0.05, 0.1) is 5.60 Å². The first-order valence-electron chi connectivity index (χ1n) is 9.79. The van der Waals surface area contributed by atoms with Crippen molar-refractivity contribution >= 4 is 12.5 Å². The molecule has 0 amide bonds. The molecule has 1 aliphatic heterocycles. The molecular weight excluding hydrogens is 293 g/mol. The van der Waals surface area contributed by atoms with Crippen LogP contribution >= 0.6 is 0 Å². The van der Waals surface area contributed by atoms with Crippen LogP contribution in [-0.4, -0.2) is 18.2 Å². The van der Waals surface area contributed by atoms with Crippen LogP contribution in [0.15, 0.2) is 24.3 Å². The third-order valence-electron chi connectivity index (χ3n) is 5.83. The third kappa shape index (κ3) is 4.86. The normalized spacial score (nSPS) is 20.3. The minimum atomic E-state index is -0.163. The summed E-state index contributed by atoms with van der Waals surface area (Å²) in [5.74, 6) is 0.770. The lowest BCUT2D eigenvalue weighted by Gasteiger charge is -2.33. The topological polar surface area (TPSA) is 21.3 Å². The summed E-state index contributed by atoms with van der Waals surface area (Å²) in [6.07, 6.45) is 7.98. The molecule has 1 heterocycles. The lowest BCUT2D eigenvalue weighted by Crippen LogP contribution is -2.51. The second kappa shape index (κ2) is 8.06. The summed E-state index contributed by atoms with van der Waals surface area (Å²) in [5.41, 5.74) is 2.48. The van der Waals surface area contributed by atoms with E-state index in [0.29, 0.717) is 0 Å². The molecular formula is C21H36BNO. The van der Waals surface area contributed by atoms with E-state index in [1.54, 1.807) is 0 Å². The molecule has 1 aromatic rings. The Labute approximate surface area is 149 Å². The van der Waals surface area contributed by atoms with E-state index in [1.807, 2.05) is 0 Å². The fraction of sp³-hybridized carbons (Fsp3) is 0.714. The van der Waals surface area contributed by atoms with Gasteiger partial charge in [-0.05, 0) is 51.1 Å². The predicted molar refractivity (Wildman–Crippen MR) is 106 cm³/mol. The van der Waals surface area contributed by atoms with Gasteiger partial charge in [0.1, 0.15) is 0 Å². The van der Waals surface area contributed by atoms with Crippen LogP contribution in [0.1, 0.15) is 79.2 Å². The van der Waals surface area contributed by atoms with Gasteiger partial charge in [-0.15, -0.1) is 0 Å². The van der Waals surface area contributed by atoms with Gasteiger partial charge in [-0.3, -0.25) is 0 Å². The van der Waals surface area contributed by atoms with Crippen molar-refractivity contribution in [1.82, 2.24) is 5.23 Å². The minimum Gasteiger partial charge on any atom is -0.411 e. The van der Waals surface area contributed by atoms with Crippen molar-refractivity contribution in [3.05, 3.63) is 29.8 Å². The van der Waals surface area contributed by atoms with E-state index in [0.717, 1.165) is 5.92 Å². The molecule has 0 spiro atoms. The van der Waals surface area contributed by atoms with Crippen molar-refractivity contribution in [2.24, 2.45) is 5.92 Å². The molecule has 1 atom stereocenters. The van der Waals surface area contributed by atoms with Crippen LogP contribution in [0.5, 0.6) is 0 Å². The summed E-state index contributed by atoms with van der Waals surface area (Å²) in [5, 5.41) is 3.61. The van der Waals surface area contributed by atoms with Crippen LogP contribution in [0.2, 0.25) is 0 Å². The minimum absolute atomic E-state index is 0.00415. The molecule has 0 radical (unpaired) electrons. The molecule has 0 saturated carbocycles. The van der Waals surface area contributed by atoms with E-state index >= 15 is 0 Å². The zero-order chi connectivity index (χ0) is 17.8. The van der Waals surface area contributed by atoms with Crippen molar-refractivity contribution < 1.29 is 4.65 Å². The first-order chi connectivity index (χ1) is 11.2. The first-order valence-corrected chi connectivity index (χ1v) is 9.79. The molecule has 0 bridgehead atoms. The highest BCUT2D eigenvalue weighted by Crippen LogP contribution is 2.31. The Morgan fingerprint density at radius 3 is 2.25 bits per heavy atom. The maximum absolute atomic E-state index is 6.24. The summed E-state index contributed by atoms with van der Waals surface area (Å²) in [6, 6.07) is 9.02. The Kier molecular flexibility index (Phi) is 6.56. The zero-order valence-corrected chi connectivity index (χ0v) is 16.6. The van der Waals surface area contributed by atoms with E-state index in [2.05, 4.69) is 71.0 Å². The summed E-state index contributed by atoms with van der Waals surface area (Å²) in [7, 11) is -0.00415. The average molecular weight is 329 g/mol. The molecule has 0 aromatic heterocycles. The highest BCUT2D eigenvalue weighted by Gasteiger charge is 2.49. The monoisotopic (exact) mass is 329 g/mol. The van der Waals surface area contributed by atoms with Gasteiger partial charge in [0, 0.05) is 5.54 Å². The molecule has 1 fully saturated rings. The van der Waals surface area contributed by atoms with E-state index in [-0.39, 0.29) is 18.2 Å². The van der Waals surface area contributed by atoms with Gasteiger partial charge in [0.2, 0.25) is 0 Å². The summed E-state index contributed by atoms with van der Waals surface area (Å²) < 4.78 is 6.24. The maximum atomic E-state index is 6.24. The van der Waals surface area contributed by atoms with E-state index in [9.17, 15) is 0 Å². The molecule has 134 valence electrons. The fourth-order valence-electron chi connectivity index (χ4n) is 3.38. The lowest BCUT2D eigenvalue weighted by molar-refractivity contribution is 0.0750. The number of nitrogens with one attached hydrogen (secondary N) is 1. The van der Waals surface area contributed by atoms with Gasteiger partial charge in [-0.1, -0.05) is 70.2 Å². The van der Waals surface area contributed by atoms with Gasteiger partial charge in [-0.25, -0.2) is 0 Å². The van der Waals surface area contributed by atoms with Crippen LogP contribution < -0.4 is 10.7 Å². The van der Waals surface area contributed by atoms with Crippen molar-refractivity contribution in [3.63, 3.8) is 0 Å². The standard InChI is InChI=1S/C21H36BNO/c1-7-8-9-10-11-17(2)16-18-12-14-19(15-13-18)22-23-20(3,4)21(5,6)24-22/h12-15,17,23H,7-11,16H2,1-6H3. The molecule has 3 heteroatoms. The Hall–Kier alpha value is -0.795. The first kappa shape index (κ1) is 19.5. The molecule has 1 unspecified atom stereocenters. The quantitative estimate of drug-likeness (QED) is 0.551. The van der Waals surface area contributed by atoms with Crippen LogP contribution in [-0.2, 0) is 11.1 Å². The number of unbranched alkanes of at least 4 members (excludes halogenated alkanes) is 3. The van der Waals surface area contributed by atoms with Crippen molar-refractivity contribution in [2.75, 3.05) is 0 Å². The molecule has 24 heavy (non-hydrogen) atoms. The second-order valence-electron chi connectivity index (χ2n) is 8.68. The van der Waals surface area contributed by atoms with Crippen molar-refractivity contribution in [1.29, 1.82) is 0 Å². The molecule has 1 saturated heterocycles. The number of hydrogen-bond donors (Lipinski definition) is 1. The van der Waals surface area contributed by atoms with Crippen LogP contribution in [0.4, 0.5) is 0 Å². The number of rotatable bonds is 8. The van der Waals surface area contributed by atoms with Crippen LogP contribution in [0.25, 0.3) is 0 Å². The van der Waals surface area contributed by atoms with E-state index in [4.69, 9.17) is 4.65 Å². The lowest BCUT2D eigenvalue weighted by atomic mass is 9.73. The van der Waals surface area contributed by atoms with Crippen LogP contribution in [0.3, 0.4) is 0 Å².